The summed E-state index contributed by atoms with van der Waals surface area (Å²) >= 11 is 6.35. The quantitative estimate of drug-likeness (QED) is 0.448. The molecule has 0 amide bonds. The van der Waals surface area contributed by atoms with E-state index in [9.17, 15) is 0 Å². The first-order valence-electron chi connectivity index (χ1n) is 9.46. The van der Waals surface area contributed by atoms with Crippen LogP contribution in [0.1, 0.15) is 11.6 Å². The number of hydrogen-bond acceptors (Lipinski definition) is 5. The van der Waals surface area contributed by atoms with E-state index in [1.807, 2.05) is 36.7 Å². The summed E-state index contributed by atoms with van der Waals surface area (Å²) < 4.78 is 7.13. The van der Waals surface area contributed by atoms with Gasteiger partial charge in [-0.05, 0) is 19.1 Å². The number of aromatic nitrogens is 3. The van der Waals surface area contributed by atoms with E-state index in [0.29, 0.717) is 19.7 Å². The van der Waals surface area contributed by atoms with Crippen LogP contribution in [0.4, 0.5) is 5.69 Å². The molecule has 2 aromatic rings. The highest BCUT2D eigenvalue weighted by molar-refractivity contribution is 6.33. The number of rotatable bonds is 6. The Labute approximate surface area is 171 Å². The normalized spacial score (nSPS) is 15.2. The third kappa shape index (κ3) is 4.94. The Kier molecular flexibility index (Phi) is 7.11. The molecule has 1 fully saturated rings. The Bertz CT molecular complexity index is 799. The molecule has 3 rings (SSSR count). The van der Waals surface area contributed by atoms with Crippen molar-refractivity contribution in [2.24, 2.45) is 12.0 Å². The number of piperazine rings is 1. The number of guanidine groups is 1. The monoisotopic (exact) mass is 405 g/mol. The van der Waals surface area contributed by atoms with Gasteiger partial charge >= 0.3 is 0 Å². The van der Waals surface area contributed by atoms with Crippen molar-refractivity contribution in [3.05, 3.63) is 40.9 Å². The summed E-state index contributed by atoms with van der Waals surface area (Å²) in [5.74, 6) is 2.60. The van der Waals surface area contributed by atoms with Crippen LogP contribution < -0.4 is 10.2 Å². The number of methoxy groups -OCH3 is 1. The van der Waals surface area contributed by atoms with Crippen molar-refractivity contribution in [2.75, 3.05) is 51.3 Å². The molecule has 0 saturated carbocycles. The number of nitrogens with one attached hydrogen (secondary N) is 1. The molecule has 0 bridgehead atoms. The highest BCUT2D eigenvalue weighted by atomic mass is 35.5. The fraction of sp³-hybridized carbons (Fsp3) is 0.526. The Morgan fingerprint density at radius 2 is 1.96 bits per heavy atom. The van der Waals surface area contributed by atoms with Gasteiger partial charge in [0.15, 0.2) is 11.8 Å². The van der Waals surface area contributed by atoms with Crippen LogP contribution in [0.2, 0.25) is 5.02 Å². The zero-order valence-electron chi connectivity index (χ0n) is 16.7. The summed E-state index contributed by atoms with van der Waals surface area (Å²) in [7, 11) is 3.66. The molecular formula is C19H28ClN7O. The van der Waals surface area contributed by atoms with Crippen LogP contribution in [0.15, 0.2) is 29.3 Å². The maximum atomic E-state index is 6.35. The third-order valence-corrected chi connectivity index (χ3v) is 5.23. The van der Waals surface area contributed by atoms with Gasteiger partial charge in [-0.3, -0.25) is 0 Å². The molecule has 28 heavy (non-hydrogen) atoms. The van der Waals surface area contributed by atoms with Gasteiger partial charge in [-0.1, -0.05) is 23.7 Å². The zero-order valence-corrected chi connectivity index (χ0v) is 17.5. The van der Waals surface area contributed by atoms with Gasteiger partial charge in [0.05, 0.1) is 17.3 Å². The molecule has 0 spiro atoms. The first-order valence-corrected chi connectivity index (χ1v) is 9.84. The molecule has 9 heteroatoms. The van der Waals surface area contributed by atoms with E-state index >= 15 is 0 Å². The van der Waals surface area contributed by atoms with Crippen LogP contribution in [0.25, 0.3) is 0 Å². The lowest BCUT2D eigenvalue weighted by Crippen LogP contribution is -2.53. The van der Waals surface area contributed by atoms with Gasteiger partial charge in [-0.15, -0.1) is 10.2 Å². The van der Waals surface area contributed by atoms with Crippen molar-refractivity contribution in [1.82, 2.24) is 25.0 Å². The second-order valence-corrected chi connectivity index (χ2v) is 7.11. The van der Waals surface area contributed by atoms with E-state index in [1.165, 1.54) is 0 Å². The molecule has 1 aromatic carbocycles. The van der Waals surface area contributed by atoms with E-state index in [0.717, 1.165) is 54.5 Å². The summed E-state index contributed by atoms with van der Waals surface area (Å²) in [5.41, 5.74) is 1.09. The maximum absolute atomic E-state index is 6.35. The molecule has 1 aliphatic heterocycles. The molecular weight excluding hydrogens is 378 g/mol. The van der Waals surface area contributed by atoms with Gasteiger partial charge < -0.3 is 24.4 Å². The number of halogens is 1. The average Bonchev–Trinajstić information content (AvgIpc) is 3.03. The van der Waals surface area contributed by atoms with Crippen molar-refractivity contribution >= 4 is 23.2 Å². The SMILES string of the molecule is COCCNC(=NCc1nnc(C)n1C)N1CCN(c2ccccc2Cl)CC1. The fourth-order valence-corrected chi connectivity index (χ4v) is 3.39. The van der Waals surface area contributed by atoms with Crippen molar-refractivity contribution in [3.63, 3.8) is 0 Å². The number of hydrogen-bond donors (Lipinski definition) is 1. The van der Waals surface area contributed by atoms with Crippen LogP contribution in [-0.4, -0.2) is 72.1 Å². The summed E-state index contributed by atoms with van der Waals surface area (Å²) in [6.45, 7) is 7.25. The van der Waals surface area contributed by atoms with E-state index in [2.05, 4.69) is 31.4 Å². The van der Waals surface area contributed by atoms with Gasteiger partial charge in [0.1, 0.15) is 12.4 Å². The molecule has 0 unspecified atom stereocenters. The number of aliphatic imine (C=N–C) groups is 1. The minimum absolute atomic E-state index is 0.484. The lowest BCUT2D eigenvalue weighted by atomic mass is 10.2. The highest BCUT2D eigenvalue weighted by Gasteiger charge is 2.21. The number of anilines is 1. The fourth-order valence-electron chi connectivity index (χ4n) is 3.13. The van der Waals surface area contributed by atoms with Crippen LogP contribution >= 0.6 is 11.6 Å². The zero-order chi connectivity index (χ0) is 19.9. The molecule has 2 heterocycles. The lowest BCUT2D eigenvalue weighted by Gasteiger charge is -2.38. The second-order valence-electron chi connectivity index (χ2n) is 6.71. The smallest absolute Gasteiger partial charge is 0.194 e. The van der Waals surface area contributed by atoms with Crippen LogP contribution in [0, 0.1) is 6.92 Å². The van der Waals surface area contributed by atoms with Crippen molar-refractivity contribution in [3.8, 4) is 0 Å². The predicted octanol–water partition coefficient (Wildman–Crippen LogP) is 1.69. The maximum Gasteiger partial charge on any atom is 0.194 e. The molecule has 152 valence electrons. The number of aryl methyl sites for hydroxylation is 1. The molecule has 1 saturated heterocycles. The van der Waals surface area contributed by atoms with Crippen molar-refractivity contribution < 1.29 is 4.74 Å². The third-order valence-electron chi connectivity index (χ3n) is 4.91. The topological polar surface area (TPSA) is 70.8 Å². The Balaban J connectivity index is 1.66. The van der Waals surface area contributed by atoms with Crippen LogP contribution in [0.3, 0.4) is 0 Å². The van der Waals surface area contributed by atoms with Crippen molar-refractivity contribution in [2.45, 2.75) is 13.5 Å². The highest BCUT2D eigenvalue weighted by Crippen LogP contribution is 2.26. The van der Waals surface area contributed by atoms with Gasteiger partial charge in [-0.2, -0.15) is 0 Å². The van der Waals surface area contributed by atoms with E-state index in [4.69, 9.17) is 21.3 Å². The van der Waals surface area contributed by atoms with Gasteiger partial charge in [-0.25, -0.2) is 4.99 Å². The van der Waals surface area contributed by atoms with E-state index in [-0.39, 0.29) is 0 Å². The molecule has 0 aliphatic carbocycles. The lowest BCUT2D eigenvalue weighted by molar-refractivity contribution is 0.202. The first-order chi connectivity index (χ1) is 13.6. The van der Waals surface area contributed by atoms with Gasteiger partial charge in [0.25, 0.3) is 0 Å². The van der Waals surface area contributed by atoms with Gasteiger partial charge in [0, 0.05) is 46.9 Å². The Hall–Kier alpha value is -2.32. The van der Waals surface area contributed by atoms with Gasteiger partial charge in [0.2, 0.25) is 0 Å². The molecule has 8 nitrogen and oxygen atoms in total. The van der Waals surface area contributed by atoms with E-state index in [1.54, 1.807) is 7.11 Å². The molecule has 0 radical (unpaired) electrons. The molecule has 1 aliphatic rings. The minimum atomic E-state index is 0.484. The standard InChI is InChI=1S/C19H28ClN7O/c1-15-23-24-18(25(15)2)14-22-19(21-8-13-28-3)27-11-9-26(10-12-27)17-7-5-4-6-16(17)20/h4-7H,8-14H2,1-3H3,(H,21,22). The second kappa shape index (κ2) is 9.75. The summed E-state index contributed by atoms with van der Waals surface area (Å²) in [6, 6.07) is 7.99. The number of nitrogens with zero attached hydrogens (tertiary/aromatic N) is 6. The summed E-state index contributed by atoms with van der Waals surface area (Å²) in [5, 5.41) is 12.5. The largest absolute Gasteiger partial charge is 0.383 e. The Morgan fingerprint density at radius 1 is 1.21 bits per heavy atom. The summed E-state index contributed by atoms with van der Waals surface area (Å²) in [4.78, 5) is 9.37. The van der Waals surface area contributed by atoms with Crippen LogP contribution in [0.5, 0.6) is 0 Å². The average molecular weight is 406 g/mol. The molecule has 0 atom stereocenters. The molecule has 1 aromatic heterocycles. The van der Waals surface area contributed by atoms with Crippen LogP contribution in [-0.2, 0) is 18.3 Å². The van der Waals surface area contributed by atoms with E-state index < -0.39 is 0 Å². The minimum Gasteiger partial charge on any atom is -0.383 e. The predicted molar refractivity (Wildman–Crippen MR) is 112 cm³/mol. The first kappa shape index (κ1) is 20.4. The molecule has 1 N–H and O–H groups in total. The number of para-hydroxylation sites is 1. The number of ether oxygens (including phenoxy) is 1. The Morgan fingerprint density at radius 3 is 2.61 bits per heavy atom. The van der Waals surface area contributed by atoms with Crippen molar-refractivity contribution in [1.29, 1.82) is 0 Å². The summed E-state index contributed by atoms with van der Waals surface area (Å²) in [6.07, 6.45) is 0. The number of benzene rings is 1.